The molecule has 19 heavy (non-hydrogen) atoms. The monoisotopic (exact) mass is 277 g/mol. The largest absolute Gasteiger partial charge is 0.384 e. The fourth-order valence-corrected chi connectivity index (χ4v) is 2.58. The highest BCUT2D eigenvalue weighted by atomic mass is 32.2. The summed E-state index contributed by atoms with van der Waals surface area (Å²) in [7, 11) is -3.52. The second kappa shape index (κ2) is 5.81. The van der Waals surface area contributed by atoms with E-state index in [9.17, 15) is 8.42 Å². The van der Waals surface area contributed by atoms with E-state index >= 15 is 0 Å². The average Bonchev–Trinajstić information content (AvgIpc) is 2.40. The van der Waals surface area contributed by atoms with Crippen LogP contribution in [0.15, 0.2) is 53.6 Å². The average molecular weight is 277 g/mol. The molecule has 0 spiro atoms. The molecule has 1 heterocycles. The zero-order valence-electron chi connectivity index (χ0n) is 10.3. The van der Waals surface area contributed by atoms with Gasteiger partial charge in [-0.3, -0.25) is 0 Å². The number of nitrogen functional groups attached to an aromatic ring is 1. The highest BCUT2D eigenvalue weighted by molar-refractivity contribution is 7.89. The molecule has 0 aliphatic heterocycles. The first-order valence-corrected chi connectivity index (χ1v) is 7.31. The molecule has 3 N–H and O–H groups in total. The lowest BCUT2D eigenvalue weighted by molar-refractivity contribution is 0.581. The molecule has 0 atom stereocenters. The van der Waals surface area contributed by atoms with Gasteiger partial charge in [0.25, 0.3) is 0 Å². The number of benzene rings is 1. The Morgan fingerprint density at radius 2 is 1.84 bits per heavy atom. The van der Waals surface area contributed by atoms with Crippen molar-refractivity contribution < 1.29 is 8.42 Å². The summed E-state index contributed by atoms with van der Waals surface area (Å²) in [6.45, 7) is 0.344. The number of nitrogens with one attached hydrogen (secondary N) is 1. The lowest BCUT2D eigenvalue weighted by Crippen LogP contribution is -2.26. The predicted octanol–water partition coefficient (Wildman–Crippen LogP) is 1.18. The summed E-state index contributed by atoms with van der Waals surface area (Å²) in [4.78, 5) is 3.89. The quantitative estimate of drug-likeness (QED) is 0.859. The number of aromatic nitrogens is 1. The van der Waals surface area contributed by atoms with Crippen LogP contribution < -0.4 is 10.5 Å². The summed E-state index contributed by atoms with van der Waals surface area (Å²) in [5, 5.41) is 0. The molecule has 0 radical (unpaired) electrons. The van der Waals surface area contributed by atoms with Crippen molar-refractivity contribution in [3.05, 3.63) is 54.2 Å². The Morgan fingerprint density at radius 1 is 1.11 bits per heavy atom. The molecule has 0 saturated heterocycles. The Labute approximate surface area is 112 Å². The zero-order valence-corrected chi connectivity index (χ0v) is 11.1. The highest BCUT2D eigenvalue weighted by Crippen LogP contribution is 2.08. The van der Waals surface area contributed by atoms with Crippen LogP contribution in [0.1, 0.15) is 5.56 Å². The van der Waals surface area contributed by atoms with E-state index in [-0.39, 0.29) is 4.90 Å². The second-order valence-electron chi connectivity index (χ2n) is 4.05. The molecule has 2 aromatic rings. The number of hydrogen-bond donors (Lipinski definition) is 2. The number of nitrogens with zero attached hydrogens (tertiary/aromatic N) is 1. The minimum absolute atomic E-state index is 0.120. The maximum atomic E-state index is 11.9. The summed E-state index contributed by atoms with van der Waals surface area (Å²) in [5.74, 6) is 0.295. The first-order chi connectivity index (χ1) is 9.08. The van der Waals surface area contributed by atoms with Crippen LogP contribution in [0.5, 0.6) is 0 Å². The topological polar surface area (TPSA) is 85.1 Å². The highest BCUT2D eigenvalue weighted by Gasteiger charge is 2.13. The molecule has 1 aromatic heterocycles. The molecule has 0 fully saturated rings. The van der Waals surface area contributed by atoms with Crippen molar-refractivity contribution in [2.75, 3.05) is 12.3 Å². The summed E-state index contributed by atoms with van der Waals surface area (Å²) in [5.41, 5.74) is 6.50. The molecular weight excluding hydrogens is 262 g/mol. The summed E-state index contributed by atoms with van der Waals surface area (Å²) in [6.07, 6.45) is 1.89. The van der Waals surface area contributed by atoms with Crippen molar-refractivity contribution in [2.45, 2.75) is 11.3 Å². The van der Waals surface area contributed by atoms with E-state index in [1.54, 1.807) is 0 Å². The van der Waals surface area contributed by atoms with E-state index in [2.05, 4.69) is 9.71 Å². The Balaban J connectivity index is 1.97. The van der Waals surface area contributed by atoms with Gasteiger partial charge in [0.2, 0.25) is 10.0 Å². The summed E-state index contributed by atoms with van der Waals surface area (Å²) >= 11 is 0. The fraction of sp³-hybridized carbons (Fsp3) is 0.154. The molecule has 0 aliphatic rings. The number of rotatable bonds is 5. The van der Waals surface area contributed by atoms with Crippen LogP contribution in [0.25, 0.3) is 0 Å². The van der Waals surface area contributed by atoms with Crippen molar-refractivity contribution in [2.24, 2.45) is 0 Å². The molecule has 0 saturated carbocycles. The number of nitrogens with two attached hydrogens (primary N) is 1. The first kappa shape index (κ1) is 13.5. The van der Waals surface area contributed by atoms with E-state index in [0.717, 1.165) is 5.56 Å². The van der Waals surface area contributed by atoms with E-state index in [1.165, 1.54) is 18.3 Å². The normalized spacial score (nSPS) is 11.4. The Hall–Kier alpha value is -1.92. The molecule has 100 valence electrons. The van der Waals surface area contributed by atoms with Crippen LogP contribution in [0.3, 0.4) is 0 Å². The maximum Gasteiger partial charge on any atom is 0.242 e. The fourth-order valence-electron chi connectivity index (χ4n) is 1.61. The Morgan fingerprint density at radius 3 is 2.47 bits per heavy atom. The van der Waals surface area contributed by atoms with E-state index < -0.39 is 10.0 Å². The van der Waals surface area contributed by atoms with Gasteiger partial charge < -0.3 is 5.73 Å². The molecule has 1 aromatic carbocycles. The molecular formula is C13H15N3O2S. The molecule has 5 nitrogen and oxygen atoms in total. The predicted molar refractivity (Wildman–Crippen MR) is 74.0 cm³/mol. The second-order valence-corrected chi connectivity index (χ2v) is 5.82. The third-order valence-corrected chi connectivity index (χ3v) is 4.06. The number of anilines is 1. The number of sulfonamides is 1. The first-order valence-electron chi connectivity index (χ1n) is 5.83. The van der Waals surface area contributed by atoms with Crippen molar-refractivity contribution in [3.63, 3.8) is 0 Å². The van der Waals surface area contributed by atoms with Crippen LogP contribution >= 0.6 is 0 Å². The van der Waals surface area contributed by atoms with E-state index in [0.29, 0.717) is 18.8 Å². The van der Waals surface area contributed by atoms with Gasteiger partial charge >= 0.3 is 0 Å². The van der Waals surface area contributed by atoms with Crippen molar-refractivity contribution in [1.82, 2.24) is 9.71 Å². The molecule has 6 heteroatoms. The third kappa shape index (κ3) is 3.77. The molecule has 2 rings (SSSR count). The van der Waals surface area contributed by atoms with Gasteiger partial charge in [0, 0.05) is 12.7 Å². The molecule has 0 bridgehead atoms. The maximum absolute atomic E-state index is 11.9. The lowest BCUT2D eigenvalue weighted by atomic mass is 10.2. The van der Waals surface area contributed by atoms with Gasteiger partial charge in [-0.25, -0.2) is 18.1 Å². The standard InChI is InChI=1S/C13H15N3O2S/c14-13-7-6-12(10-15-13)19(17,18)16-9-8-11-4-2-1-3-5-11/h1-7,10,16H,8-9H2,(H2,14,15). The smallest absolute Gasteiger partial charge is 0.242 e. The molecule has 0 aliphatic carbocycles. The van der Waals surface area contributed by atoms with Crippen LogP contribution in [0, 0.1) is 0 Å². The third-order valence-electron chi connectivity index (χ3n) is 2.62. The lowest BCUT2D eigenvalue weighted by Gasteiger charge is -2.06. The molecule has 0 amide bonds. The van der Waals surface area contributed by atoms with E-state index in [1.807, 2.05) is 30.3 Å². The van der Waals surface area contributed by atoms with Gasteiger partial charge in [-0.1, -0.05) is 30.3 Å². The molecule has 0 unspecified atom stereocenters. The Bertz CT molecular complexity index is 625. The van der Waals surface area contributed by atoms with Crippen LogP contribution in [0.4, 0.5) is 5.82 Å². The summed E-state index contributed by atoms with van der Waals surface area (Å²) < 4.78 is 26.4. The van der Waals surface area contributed by atoms with Crippen molar-refractivity contribution >= 4 is 15.8 Å². The van der Waals surface area contributed by atoms with Gasteiger partial charge in [0.1, 0.15) is 10.7 Å². The minimum Gasteiger partial charge on any atom is -0.384 e. The SMILES string of the molecule is Nc1ccc(S(=O)(=O)NCCc2ccccc2)cn1. The van der Waals surface area contributed by atoms with Crippen LogP contribution in [-0.4, -0.2) is 19.9 Å². The van der Waals surface area contributed by atoms with Gasteiger partial charge in [0.05, 0.1) is 0 Å². The van der Waals surface area contributed by atoms with Crippen LogP contribution in [0.2, 0.25) is 0 Å². The number of pyridine rings is 1. The Kier molecular flexibility index (Phi) is 4.13. The van der Waals surface area contributed by atoms with Crippen LogP contribution in [-0.2, 0) is 16.4 Å². The summed E-state index contributed by atoms with van der Waals surface area (Å²) in [6, 6.07) is 12.6. The number of hydrogen-bond acceptors (Lipinski definition) is 4. The van der Waals surface area contributed by atoms with Gasteiger partial charge in [-0.15, -0.1) is 0 Å². The zero-order chi connectivity index (χ0) is 13.7. The van der Waals surface area contributed by atoms with Gasteiger partial charge in [-0.05, 0) is 24.1 Å². The van der Waals surface area contributed by atoms with Crippen molar-refractivity contribution in [1.29, 1.82) is 0 Å². The van der Waals surface area contributed by atoms with Gasteiger partial charge in [0.15, 0.2) is 0 Å². The van der Waals surface area contributed by atoms with E-state index in [4.69, 9.17) is 5.73 Å². The van der Waals surface area contributed by atoms with Gasteiger partial charge in [-0.2, -0.15) is 0 Å². The van der Waals surface area contributed by atoms with Crippen molar-refractivity contribution in [3.8, 4) is 0 Å². The minimum atomic E-state index is -3.52.